The average molecular weight is 235 g/mol. The van der Waals surface area contributed by atoms with Gasteiger partial charge in [0.05, 0.1) is 0 Å². The zero-order valence-electron chi connectivity index (χ0n) is 7.86. The predicted octanol–water partition coefficient (Wildman–Crippen LogP) is 1.51. The first kappa shape index (κ1) is 11.4. The summed E-state index contributed by atoms with van der Waals surface area (Å²) in [6.45, 7) is 3.72. The van der Waals surface area contributed by atoms with Crippen molar-refractivity contribution in [1.82, 2.24) is 4.98 Å². The molecule has 1 heterocycles. The van der Waals surface area contributed by atoms with Gasteiger partial charge >= 0.3 is 0 Å². The normalized spacial score (nSPS) is 12.1. The summed E-state index contributed by atoms with van der Waals surface area (Å²) in [5, 5.41) is 5.00. The van der Waals surface area contributed by atoms with Crippen LogP contribution in [0.1, 0.15) is 25.3 Å². The van der Waals surface area contributed by atoms with Crippen LogP contribution in [-0.4, -0.2) is 13.4 Å². The molecule has 2 N–H and O–H groups in total. The summed E-state index contributed by atoms with van der Waals surface area (Å²) < 4.78 is 22.3. The van der Waals surface area contributed by atoms with Crippen LogP contribution in [0, 0.1) is 0 Å². The molecular formula is C8H11ClN2O2S. The van der Waals surface area contributed by atoms with Gasteiger partial charge in [0.1, 0.15) is 5.15 Å². The summed E-state index contributed by atoms with van der Waals surface area (Å²) in [7, 11) is -3.80. The molecule has 0 amide bonds. The zero-order chi connectivity index (χ0) is 10.9. The van der Waals surface area contributed by atoms with Gasteiger partial charge in [-0.1, -0.05) is 31.5 Å². The van der Waals surface area contributed by atoms with Gasteiger partial charge in [0.25, 0.3) is 10.0 Å². The Morgan fingerprint density at radius 3 is 2.43 bits per heavy atom. The van der Waals surface area contributed by atoms with Crippen LogP contribution in [0.25, 0.3) is 0 Å². The number of aromatic nitrogens is 1. The van der Waals surface area contributed by atoms with Crippen LogP contribution in [0.4, 0.5) is 0 Å². The van der Waals surface area contributed by atoms with E-state index >= 15 is 0 Å². The van der Waals surface area contributed by atoms with E-state index in [4.69, 9.17) is 16.7 Å². The summed E-state index contributed by atoms with van der Waals surface area (Å²) >= 11 is 5.60. The van der Waals surface area contributed by atoms with Gasteiger partial charge in [-0.25, -0.2) is 18.5 Å². The van der Waals surface area contributed by atoms with Gasteiger partial charge in [-0.3, -0.25) is 0 Å². The summed E-state index contributed by atoms with van der Waals surface area (Å²) in [6.07, 6.45) is 0. The number of halogens is 1. The molecule has 1 rings (SSSR count). The summed E-state index contributed by atoms with van der Waals surface area (Å²) in [4.78, 5) is 3.72. The number of rotatable bonds is 2. The van der Waals surface area contributed by atoms with E-state index in [1.807, 2.05) is 13.8 Å². The number of pyridine rings is 1. The maximum atomic E-state index is 11.2. The lowest BCUT2D eigenvalue weighted by Gasteiger charge is -2.09. The molecule has 1 aromatic rings. The lowest BCUT2D eigenvalue weighted by atomic mass is 10.1. The second-order valence-electron chi connectivity index (χ2n) is 3.23. The molecule has 0 atom stereocenters. The molecule has 0 aliphatic carbocycles. The van der Waals surface area contributed by atoms with E-state index in [1.54, 1.807) is 12.1 Å². The van der Waals surface area contributed by atoms with Gasteiger partial charge < -0.3 is 0 Å². The van der Waals surface area contributed by atoms with Crippen molar-refractivity contribution in [2.24, 2.45) is 5.14 Å². The summed E-state index contributed by atoms with van der Waals surface area (Å²) in [6, 6.07) is 3.17. The largest absolute Gasteiger partial charge is 0.255 e. The molecular weight excluding hydrogens is 224 g/mol. The predicted molar refractivity (Wildman–Crippen MR) is 54.7 cm³/mol. The Balaban J connectivity index is 3.46. The van der Waals surface area contributed by atoms with Gasteiger partial charge in [-0.2, -0.15) is 0 Å². The third kappa shape index (κ3) is 2.43. The molecule has 0 aromatic carbocycles. The number of primary sulfonamides is 1. The molecule has 1 aromatic heterocycles. The highest BCUT2D eigenvalue weighted by molar-refractivity contribution is 7.89. The number of nitrogens with two attached hydrogens (primary N) is 1. The Kier molecular flexibility index (Phi) is 3.14. The van der Waals surface area contributed by atoms with Gasteiger partial charge in [0, 0.05) is 0 Å². The van der Waals surface area contributed by atoms with E-state index in [-0.39, 0.29) is 16.1 Å². The minimum atomic E-state index is -3.80. The molecule has 0 unspecified atom stereocenters. The molecule has 6 heteroatoms. The molecule has 0 bridgehead atoms. The van der Waals surface area contributed by atoms with Crippen molar-refractivity contribution < 1.29 is 8.42 Å². The van der Waals surface area contributed by atoms with Crippen molar-refractivity contribution >= 4 is 21.6 Å². The minimum absolute atomic E-state index is 0.0353. The Labute approximate surface area is 88.1 Å². The van der Waals surface area contributed by atoms with E-state index in [0.29, 0.717) is 5.56 Å². The van der Waals surface area contributed by atoms with E-state index in [0.717, 1.165) is 0 Å². The van der Waals surface area contributed by atoms with Gasteiger partial charge in [-0.15, -0.1) is 0 Å². The van der Waals surface area contributed by atoms with Crippen LogP contribution < -0.4 is 5.14 Å². The monoisotopic (exact) mass is 234 g/mol. The van der Waals surface area contributed by atoms with E-state index in [9.17, 15) is 8.42 Å². The molecule has 0 aliphatic heterocycles. The second-order valence-corrected chi connectivity index (χ2v) is 5.09. The zero-order valence-corrected chi connectivity index (χ0v) is 9.43. The third-order valence-electron chi connectivity index (χ3n) is 1.75. The standard InChI is InChI=1S/C8H11ClN2O2S/c1-5(2)6-3-4-7(9)11-8(6)14(10,12)13/h3-5H,1-2H3,(H2,10,12,13). The smallest absolute Gasteiger partial charge is 0.223 e. The number of hydrogen-bond donors (Lipinski definition) is 1. The highest BCUT2D eigenvalue weighted by atomic mass is 35.5. The van der Waals surface area contributed by atoms with Crippen LogP contribution in [0.2, 0.25) is 5.15 Å². The average Bonchev–Trinajstić information content (AvgIpc) is 2.01. The van der Waals surface area contributed by atoms with Crippen LogP contribution >= 0.6 is 11.6 Å². The van der Waals surface area contributed by atoms with Gasteiger partial charge in [-0.05, 0) is 17.5 Å². The van der Waals surface area contributed by atoms with Gasteiger partial charge in [0.15, 0.2) is 5.03 Å². The summed E-state index contributed by atoms with van der Waals surface area (Å²) in [5.74, 6) is 0.0353. The van der Waals surface area contributed by atoms with Crippen molar-refractivity contribution in [1.29, 1.82) is 0 Å². The summed E-state index contributed by atoms with van der Waals surface area (Å²) in [5.41, 5.74) is 0.580. The minimum Gasteiger partial charge on any atom is -0.223 e. The van der Waals surface area contributed by atoms with Crippen molar-refractivity contribution in [3.63, 3.8) is 0 Å². The quantitative estimate of drug-likeness (QED) is 0.789. The van der Waals surface area contributed by atoms with Crippen LogP contribution in [0.3, 0.4) is 0 Å². The lowest BCUT2D eigenvalue weighted by molar-refractivity contribution is 0.591. The molecule has 0 radical (unpaired) electrons. The van der Waals surface area contributed by atoms with E-state index in [2.05, 4.69) is 4.98 Å². The van der Waals surface area contributed by atoms with Crippen LogP contribution in [0.5, 0.6) is 0 Å². The molecule has 14 heavy (non-hydrogen) atoms. The second kappa shape index (κ2) is 3.84. The first-order chi connectivity index (χ1) is 6.32. The maximum Gasteiger partial charge on any atom is 0.255 e. The van der Waals surface area contributed by atoms with E-state index in [1.165, 1.54) is 0 Å². The highest BCUT2D eigenvalue weighted by Gasteiger charge is 2.18. The van der Waals surface area contributed by atoms with E-state index < -0.39 is 10.0 Å². The Bertz CT molecular complexity index is 443. The molecule has 4 nitrogen and oxygen atoms in total. The highest BCUT2D eigenvalue weighted by Crippen LogP contribution is 2.22. The first-order valence-corrected chi connectivity index (χ1v) is 5.94. The fraction of sp³-hybridized carbons (Fsp3) is 0.375. The number of hydrogen-bond acceptors (Lipinski definition) is 3. The molecule has 0 aliphatic rings. The maximum absolute atomic E-state index is 11.2. The topological polar surface area (TPSA) is 73.0 Å². The van der Waals surface area contributed by atoms with Crippen LogP contribution in [0.15, 0.2) is 17.2 Å². The fourth-order valence-electron chi connectivity index (χ4n) is 1.10. The molecule has 0 saturated carbocycles. The SMILES string of the molecule is CC(C)c1ccc(Cl)nc1S(N)(=O)=O. The van der Waals surface area contributed by atoms with Crippen molar-refractivity contribution in [2.45, 2.75) is 24.8 Å². The van der Waals surface area contributed by atoms with Gasteiger partial charge in [0.2, 0.25) is 0 Å². The Hall–Kier alpha value is -0.650. The number of sulfonamides is 1. The first-order valence-electron chi connectivity index (χ1n) is 4.01. The molecule has 0 spiro atoms. The molecule has 0 fully saturated rings. The lowest BCUT2D eigenvalue weighted by Crippen LogP contribution is -2.17. The van der Waals surface area contributed by atoms with Crippen molar-refractivity contribution in [2.75, 3.05) is 0 Å². The third-order valence-corrected chi connectivity index (χ3v) is 2.82. The fourth-order valence-corrected chi connectivity index (χ4v) is 2.15. The number of nitrogens with zero attached hydrogens (tertiary/aromatic N) is 1. The van der Waals surface area contributed by atoms with Crippen molar-refractivity contribution in [3.8, 4) is 0 Å². The molecule has 0 saturated heterocycles. The molecule has 78 valence electrons. The Morgan fingerprint density at radius 2 is 2.00 bits per heavy atom. The Morgan fingerprint density at radius 1 is 1.43 bits per heavy atom. The van der Waals surface area contributed by atoms with Crippen LogP contribution in [-0.2, 0) is 10.0 Å². The van der Waals surface area contributed by atoms with Crippen molar-refractivity contribution in [3.05, 3.63) is 22.8 Å².